The standard InChI is InChI=1S/C46H61N5O12/c1-22(2)21-50-18-16-46(17-19-50)48-34-31-32-39(55)28(8)42-33(31)43(57)45(10,63-42)61-20-15-30(60-11)25(5)41(62-29(9)52)27(7)38(54)26(6)37(53)23(3)13-12-14-24(4)44(58)47-35(40(32)56)36(34)51(46)49-59/h12-15,20,22-23,25-27,30,37-38,41,53-55H,16-19,21H2,1-11H3,(H,47,58)/t23-,25+,26+,27+,30-,37-,38+,41+,45-/m0/s1. The first-order chi connectivity index (χ1) is 29.6. The number of nitrogens with one attached hydrogen (secondary N) is 1. The number of methoxy groups -OCH3 is 1. The van der Waals surface area contributed by atoms with Gasteiger partial charge in [0, 0.05) is 93.8 Å². The van der Waals surface area contributed by atoms with E-state index < -0.39 is 88.7 Å². The van der Waals surface area contributed by atoms with Crippen LogP contribution in [0.5, 0.6) is 11.5 Å². The first kappa shape index (κ1) is 47.3. The molecule has 4 N–H and O–H groups in total. The van der Waals surface area contributed by atoms with Gasteiger partial charge in [-0.15, -0.1) is 4.91 Å². The van der Waals surface area contributed by atoms with Crippen LogP contribution in [0.1, 0.15) is 107 Å². The molecule has 4 heterocycles. The van der Waals surface area contributed by atoms with Gasteiger partial charge in [0.15, 0.2) is 5.66 Å². The SMILES string of the molecule is CO[C@H]1C=CO[C@@]2(C)Oc3c(C)c(O)c4c(c3C2=O)C2=NC3(CCN(CC(C)C)CC3)N(N=O)C2=C(NC(=O)C(C)=CC=C[C@H](C)[C@H](O)[C@@H](C)[C@@H](O)[C@@H](C)[C@H](OC(C)=O)[C@@H]1C)C4=O. The summed E-state index contributed by atoms with van der Waals surface area (Å²) in [5, 5.41) is 42.0. The molecular weight excluding hydrogens is 815 g/mol. The van der Waals surface area contributed by atoms with Crippen molar-refractivity contribution in [2.45, 2.75) is 118 Å². The Kier molecular flexibility index (Phi) is 13.6. The number of phenols is 1. The van der Waals surface area contributed by atoms with E-state index in [0.717, 1.165) is 11.6 Å². The van der Waals surface area contributed by atoms with Crippen LogP contribution in [-0.2, 0) is 23.8 Å². The van der Waals surface area contributed by atoms with E-state index in [2.05, 4.69) is 29.4 Å². The number of likely N-dealkylation sites (tertiary alicyclic amines) is 1. The lowest BCUT2D eigenvalue weighted by Crippen LogP contribution is -2.51. The molecule has 1 fully saturated rings. The minimum absolute atomic E-state index is 0.00844. The third kappa shape index (κ3) is 8.47. The smallest absolute Gasteiger partial charge is 0.312 e. The van der Waals surface area contributed by atoms with Crippen molar-refractivity contribution in [3.8, 4) is 11.5 Å². The fourth-order valence-electron chi connectivity index (χ4n) is 9.52. The Bertz CT molecular complexity index is 2200. The number of fused-ring (bicyclic) bond motifs is 3. The maximum absolute atomic E-state index is 14.8. The number of piperidine rings is 1. The minimum Gasteiger partial charge on any atom is -0.507 e. The molecule has 6 rings (SSSR count). The Morgan fingerprint density at radius 3 is 2.29 bits per heavy atom. The molecule has 4 aliphatic heterocycles. The summed E-state index contributed by atoms with van der Waals surface area (Å²) in [4.78, 5) is 76.4. The molecular formula is C46H61N5O12. The topological polar surface area (TPSA) is 226 Å². The lowest BCUT2D eigenvalue weighted by Gasteiger charge is -2.41. The molecule has 17 nitrogen and oxygen atoms in total. The molecule has 5 bridgehead atoms. The van der Waals surface area contributed by atoms with Crippen molar-refractivity contribution in [3.63, 3.8) is 0 Å². The highest BCUT2D eigenvalue weighted by Crippen LogP contribution is 2.52. The number of aliphatic hydroxyl groups excluding tert-OH is 2. The van der Waals surface area contributed by atoms with E-state index >= 15 is 0 Å². The van der Waals surface area contributed by atoms with Gasteiger partial charge >= 0.3 is 11.8 Å². The van der Waals surface area contributed by atoms with E-state index in [-0.39, 0.29) is 50.7 Å². The van der Waals surface area contributed by atoms with Crippen molar-refractivity contribution in [2.24, 2.45) is 39.9 Å². The molecule has 0 unspecified atom stereocenters. The molecule has 1 aliphatic carbocycles. The summed E-state index contributed by atoms with van der Waals surface area (Å²) in [5.74, 6) is -7.71. The third-order valence-corrected chi connectivity index (χ3v) is 13.2. The highest BCUT2D eigenvalue weighted by molar-refractivity contribution is 6.34. The highest BCUT2D eigenvalue weighted by atomic mass is 16.7. The van der Waals surface area contributed by atoms with E-state index in [9.17, 15) is 39.4 Å². The number of esters is 1. The van der Waals surface area contributed by atoms with Gasteiger partial charge in [0.25, 0.3) is 11.7 Å². The van der Waals surface area contributed by atoms with Gasteiger partial charge in [-0.3, -0.25) is 24.2 Å². The van der Waals surface area contributed by atoms with Crippen LogP contribution in [0.25, 0.3) is 0 Å². The van der Waals surface area contributed by atoms with Crippen molar-refractivity contribution in [1.82, 2.24) is 15.2 Å². The van der Waals surface area contributed by atoms with Gasteiger partial charge in [-0.25, -0.2) is 0 Å². The Morgan fingerprint density at radius 2 is 1.68 bits per heavy atom. The van der Waals surface area contributed by atoms with E-state index in [0.29, 0.717) is 31.8 Å². The number of ketones is 2. The average molecular weight is 876 g/mol. The number of benzene rings is 1. The monoisotopic (exact) mass is 875 g/mol. The number of aromatic hydroxyl groups is 1. The zero-order chi connectivity index (χ0) is 46.5. The molecule has 1 amide bonds. The Morgan fingerprint density at radius 1 is 1.02 bits per heavy atom. The Balaban J connectivity index is 1.53. The van der Waals surface area contributed by atoms with Crippen LogP contribution in [0, 0.1) is 41.4 Å². The number of amides is 1. The number of Topliss-reactive ketones (excluding diaryl/α,β-unsaturated/α-hetero) is 2. The maximum Gasteiger partial charge on any atom is 0.312 e. The molecule has 1 spiro atoms. The summed E-state index contributed by atoms with van der Waals surface area (Å²) < 4.78 is 23.9. The molecule has 1 aromatic carbocycles. The Labute approximate surface area is 367 Å². The summed E-state index contributed by atoms with van der Waals surface area (Å²) in [6, 6.07) is 0. The second-order valence-corrected chi connectivity index (χ2v) is 18.2. The molecule has 342 valence electrons. The van der Waals surface area contributed by atoms with Gasteiger partial charge in [0.05, 0.1) is 46.7 Å². The first-order valence-corrected chi connectivity index (χ1v) is 21.6. The van der Waals surface area contributed by atoms with Crippen molar-refractivity contribution in [3.05, 3.63) is 74.7 Å². The van der Waals surface area contributed by atoms with E-state index in [1.54, 1.807) is 39.8 Å². The molecule has 0 saturated carbocycles. The van der Waals surface area contributed by atoms with Crippen LogP contribution in [0.2, 0.25) is 0 Å². The number of carbonyl (C=O) groups excluding carboxylic acids is 4. The lowest BCUT2D eigenvalue weighted by atomic mass is 9.78. The third-order valence-electron chi connectivity index (χ3n) is 13.2. The number of hydrogen-bond donors (Lipinski definition) is 4. The number of phenolic OH excluding ortho intramolecular Hbond substituents is 1. The van der Waals surface area contributed by atoms with Crippen LogP contribution in [-0.4, -0.2) is 117 Å². The fourth-order valence-corrected chi connectivity index (χ4v) is 9.52. The number of aliphatic hydroxyl groups is 2. The number of aliphatic imine (C=N–C) groups is 1. The van der Waals surface area contributed by atoms with Crippen molar-refractivity contribution >= 4 is 29.2 Å². The molecule has 17 heteroatoms. The van der Waals surface area contributed by atoms with Gasteiger partial charge in [0.2, 0.25) is 5.78 Å². The first-order valence-electron chi connectivity index (χ1n) is 21.6. The van der Waals surface area contributed by atoms with Gasteiger partial charge in [-0.2, -0.15) is 5.01 Å². The number of carbonyl (C=O) groups is 4. The Hall–Kier alpha value is -5.23. The van der Waals surface area contributed by atoms with Gasteiger partial charge in [-0.05, 0) is 25.8 Å². The summed E-state index contributed by atoms with van der Waals surface area (Å²) in [7, 11) is 1.44. The minimum atomic E-state index is -2.06. The molecule has 1 saturated heterocycles. The number of hydrogen-bond acceptors (Lipinski definition) is 15. The number of nitrogens with zero attached hydrogens (tertiary/aromatic N) is 4. The second kappa shape index (κ2) is 18.1. The van der Waals surface area contributed by atoms with Crippen molar-refractivity contribution in [1.29, 1.82) is 0 Å². The predicted molar refractivity (Wildman–Crippen MR) is 231 cm³/mol. The van der Waals surface area contributed by atoms with Crippen LogP contribution in [0.15, 0.2) is 57.8 Å². The van der Waals surface area contributed by atoms with Gasteiger partial charge < -0.3 is 44.5 Å². The van der Waals surface area contributed by atoms with Crippen molar-refractivity contribution in [2.75, 3.05) is 26.7 Å². The highest BCUT2D eigenvalue weighted by Gasteiger charge is 2.57. The molecule has 1 aromatic rings. The number of allylic oxidation sites excluding steroid dienone is 4. The number of nitroso groups, excluding NO2 is 1. The zero-order valence-corrected chi connectivity index (χ0v) is 37.9. The summed E-state index contributed by atoms with van der Waals surface area (Å²) >= 11 is 0. The maximum atomic E-state index is 14.8. The normalized spacial score (nSPS) is 31.4. The average Bonchev–Trinajstić information content (AvgIpc) is 3.70. The summed E-state index contributed by atoms with van der Waals surface area (Å²) in [5.41, 5.74) is -2.05. The predicted octanol–water partition coefficient (Wildman–Crippen LogP) is 5.01. The van der Waals surface area contributed by atoms with E-state index in [4.69, 9.17) is 23.9 Å². The largest absolute Gasteiger partial charge is 0.507 e. The quantitative estimate of drug-likeness (QED) is 0.226. The summed E-state index contributed by atoms with van der Waals surface area (Å²) in [6.45, 7) is 18.6. The molecule has 9 atom stereocenters. The van der Waals surface area contributed by atoms with E-state index in [1.807, 2.05) is 0 Å². The van der Waals surface area contributed by atoms with E-state index in [1.165, 1.54) is 53.2 Å². The molecule has 0 radical (unpaired) electrons. The molecule has 63 heavy (non-hydrogen) atoms. The second-order valence-electron chi connectivity index (χ2n) is 18.2. The van der Waals surface area contributed by atoms with Crippen LogP contribution in [0.3, 0.4) is 0 Å². The van der Waals surface area contributed by atoms with Crippen LogP contribution >= 0.6 is 0 Å². The zero-order valence-electron chi connectivity index (χ0n) is 37.9. The summed E-state index contributed by atoms with van der Waals surface area (Å²) in [6.07, 6.45) is 4.15. The van der Waals surface area contributed by atoms with Crippen LogP contribution in [0.4, 0.5) is 0 Å². The van der Waals surface area contributed by atoms with Gasteiger partial charge in [-0.1, -0.05) is 59.8 Å². The fraction of sp³-hybridized carbons (Fsp3) is 0.587. The molecule has 0 aromatic heterocycles. The lowest BCUT2D eigenvalue weighted by molar-refractivity contribution is -0.160. The number of ether oxygens (including phenoxy) is 4. The van der Waals surface area contributed by atoms with Gasteiger partial charge in [0.1, 0.15) is 29.0 Å². The van der Waals surface area contributed by atoms with Crippen LogP contribution < -0.4 is 10.1 Å². The van der Waals surface area contributed by atoms with Crippen molar-refractivity contribution < 1.29 is 53.4 Å². The molecule has 5 aliphatic rings. The number of rotatable bonds is 5.